The Morgan fingerprint density at radius 2 is 1.41 bits per heavy atom. The topological polar surface area (TPSA) is 53.2 Å². The number of hydrogen-bond donors (Lipinski definition) is 1. The molecule has 0 saturated carbocycles. The predicted molar refractivity (Wildman–Crippen MR) is 120 cm³/mol. The van der Waals surface area contributed by atoms with Gasteiger partial charge in [0.15, 0.2) is 6.61 Å². The van der Waals surface area contributed by atoms with E-state index in [0.717, 1.165) is 34.4 Å². The van der Waals surface area contributed by atoms with Crippen molar-refractivity contribution in [1.82, 2.24) is 0 Å². The summed E-state index contributed by atoms with van der Waals surface area (Å²) in [7, 11) is 0. The van der Waals surface area contributed by atoms with Crippen LogP contribution in [-0.4, -0.2) is 11.7 Å². The van der Waals surface area contributed by atoms with Crippen molar-refractivity contribution in [2.45, 2.75) is 79.1 Å². The number of phenolic OH excluding ortho intramolecular Hbond substituents is 1. The van der Waals surface area contributed by atoms with Crippen LogP contribution in [0.2, 0.25) is 0 Å². The van der Waals surface area contributed by atoms with E-state index in [9.17, 15) is 5.11 Å². The summed E-state index contributed by atoms with van der Waals surface area (Å²) in [6.45, 7) is 17.2. The molecule has 0 aliphatic carbocycles. The fourth-order valence-corrected chi connectivity index (χ4v) is 3.52. The van der Waals surface area contributed by atoms with E-state index in [1.807, 2.05) is 6.92 Å². The standard InChI is InChI=1S/C26H35NO2/c1-9-18-14-22(26(6,7)8)15-19(23(18)28)13-20-16-21(25(3,4)5)12-17(2)24(20)29-11-10-27/h12,14-16,28H,9,11,13H2,1-8H3. The second-order valence-electron chi connectivity index (χ2n) is 9.90. The van der Waals surface area contributed by atoms with E-state index in [4.69, 9.17) is 10.00 Å². The highest BCUT2D eigenvalue weighted by atomic mass is 16.5. The summed E-state index contributed by atoms with van der Waals surface area (Å²) in [4.78, 5) is 0. The van der Waals surface area contributed by atoms with E-state index >= 15 is 0 Å². The molecule has 3 nitrogen and oxygen atoms in total. The molecular weight excluding hydrogens is 358 g/mol. The second-order valence-corrected chi connectivity index (χ2v) is 9.90. The zero-order valence-corrected chi connectivity index (χ0v) is 19.2. The largest absolute Gasteiger partial charge is 0.507 e. The minimum absolute atomic E-state index is 0.00283. The molecule has 156 valence electrons. The summed E-state index contributed by atoms with van der Waals surface area (Å²) in [6, 6.07) is 10.6. The SMILES string of the molecule is CCc1cc(C(C)(C)C)cc(Cc2cc(C(C)(C)C)cc(C)c2OCC#N)c1O. The normalized spacial score (nSPS) is 12.0. The number of phenols is 1. The lowest BCUT2D eigenvalue weighted by Gasteiger charge is -2.25. The van der Waals surface area contributed by atoms with Gasteiger partial charge in [-0.3, -0.25) is 0 Å². The van der Waals surface area contributed by atoms with Crippen LogP contribution >= 0.6 is 0 Å². The van der Waals surface area contributed by atoms with Gasteiger partial charge >= 0.3 is 0 Å². The van der Waals surface area contributed by atoms with Crippen LogP contribution in [0.15, 0.2) is 24.3 Å². The van der Waals surface area contributed by atoms with Crippen LogP contribution in [0.25, 0.3) is 0 Å². The summed E-state index contributed by atoms with van der Waals surface area (Å²) in [5.74, 6) is 1.11. The van der Waals surface area contributed by atoms with Gasteiger partial charge in [-0.05, 0) is 57.6 Å². The molecule has 0 aliphatic heterocycles. The number of rotatable bonds is 5. The molecule has 2 aromatic carbocycles. The zero-order chi connectivity index (χ0) is 22.0. The van der Waals surface area contributed by atoms with Gasteiger partial charge in [0.2, 0.25) is 0 Å². The predicted octanol–water partition coefficient (Wildman–Crippen LogP) is 6.35. The van der Waals surface area contributed by atoms with Crippen molar-refractivity contribution in [3.05, 3.63) is 57.6 Å². The third kappa shape index (κ3) is 5.32. The van der Waals surface area contributed by atoms with E-state index in [0.29, 0.717) is 12.2 Å². The first-order valence-electron chi connectivity index (χ1n) is 10.4. The monoisotopic (exact) mass is 393 g/mol. The molecule has 29 heavy (non-hydrogen) atoms. The number of nitriles is 1. The number of hydrogen-bond acceptors (Lipinski definition) is 3. The van der Waals surface area contributed by atoms with Gasteiger partial charge in [0.05, 0.1) is 0 Å². The summed E-state index contributed by atoms with van der Waals surface area (Å²) >= 11 is 0. The van der Waals surface area contributed by atoms with E-state index in [1.54, 1.807) is 0 Å². The number of ether oxygens (including phenoxy) is 1. The van der Waals surface area contributed by atoms with Gasteiger partial charge in [-0.2, -0.15) is 5.26 Å². The third-order valence-electron chi connectivity index (χ3n) is 5.39. The molecule has 0 bridgehead atoms. The fraction of sp³-hybridized carbons (Fsp3) is 0.500. The Balaban J connectivity index is 2.66. The molecule has 3 heteroatoms. The quantitative estimate of drug-likeness (QED) is 0.644. The minimum atomic E-state index is -0.00428. The van der Waals surface area contributed by atoms with Crippen LogP contribution in [0.5, 0.6) is 11.5 Å². The molecule has 0 spiro atoms. The van der Waals surface area contributed by atoms with Crippen molar-refractivity contribution in [1.29, 1.82) is 5.26 Å². The second kappa shape index (κ2) is 8.49. The van der Waals surface area contributed by atoms with Gasteiger partial charge in [0.25, 0.3) is 0 Å². The molecule has 0 aliphatic rings. The van der Waals surface area contributed by atoms with Crippen molar-refractivity contribution < 1.29 is 9.84 Å². The highest BCUT2D eigenvalue weighted by Gasteiger charge is 2.22. The van der Waals surface area contributed by atoms with Crippen LogP contribution < -0.4 is 4.74 Å². The van der Waals surface area contributed by atoms with Crippen LogP contribution in [0, 0.1) is 18.3 Å². The molecule has 0 amide bonds. The van der Waals surface area contributed by atoms with E-state index in [2.05, 4.69) is 78.8 Å². The zero-order valence-electron chi connectivity index (χ0n) is 19.2. The molecular formula is C26H35NO2. The Labute approximate surface area is 176 Å². The highest BCUT2D eigenvalue weighted by molar-refractivity contribution is 5.52. The van der Waals surface area contributed by atoms with Gasteiger partial charge in [0.1, 0.15) is 17.6 Å². The maximum Gasteiger partial charge on any atom is 0.174 e. The lowest BCUT2D eigenvalue weighted by Crippen LogP contribution is -2.14. The Bertz CT molecular complexity index is 922. The summed E-state index contributed by atoms with van der Waals surface area (Å²) in [5.41, 5.74) is 6.32. The molecule has 0 atom stereocenters. The summed E-state index contributed by atoms with van der Waals surface area (Å²) < 4.78 is 5.81. The molecule has 0 saturated heterocycles. The summed E-state index contributed by atoms with van der Waals surface area (Å²) in [6.07, 6.45) is 1.34. The molecule has 0 radical (unpaired) electrons. The van der Waals surface area contributed by atoms with Gasteiger partial charge in [-0.15, -0.1) is 0 Å². The van der Waals surface area contributed by atoms with Crippen LogP contribution in [0.4, 0.5) is 0 Å². The van der Waals surface area contributed by atoms with Gasteiger partial charge < -0.3 is 9.84 Å². The molecule has 0 fully saturated rings. The van der Waals surface area contributed by atoms with E-state index in [-0.39, 0.29) is 17.4 Å². The van der Waals surface area contributed by atoms with Gasteiger partial charge in [-0.1, -0.05) is 72.7 Å². The highest BCUT2D eigenvalue weighted by Crippen LogP contribution is 2.37. The van der Waals surface area contributed by atoms with Crippen molar-refractivity contribution in [2.24, 2.45) is 0 Å². The van der Waals surface area contributed by atoms with Crippen LogP contribution in [-0.2, 0) is 23.7 Å². The molecule has 2 rings (SSSR count). The number of aromatic hydroxyl groups is 1. The molecule has 0 unspecified atom stereocenters. The Kier molecular flexibility index (Phi) is 6.68. The maximum absolute atomic E-state index is 10.9. The van der Waals surface area contributed by atoms with Gasteiger partial charge in [0, 0.05) is 6.42 Å². The minimum Gasteiger partial charge on any atom is -0.507 e. The number of aryl methyl sites for hydroxylation is 2. The van der Waals surface area contributed by atoms with Gasteiger partial charge in [-0.25, -0.2) is 0 Å². The Morgan fingerprint density at radius 1 is 0.897 bits per heavy atom. The number of benzene rings is 2. The average molecular weight is 394 g/mol. The van der Waals surface area contributed by atoms with Crippen molar-refractivity contribution >= 4 is 0 Å². The first kappa shape index (κ1) is 22.8. The smallest absolute Gasteiger partial charge is 0.174 e. The first-order chi connectivity index (χ1) is 13.4. The maximum atomic E-state index is 10.9. The molecule has 2 aromatic rings. The van der Waals surface area contributed by atoms with Crippen molar-refractivity contribution in [3.8, 4) is 17.6 Å². The lowest BCUT2D eigenvalue weighted by atomic mass is 9.82. The average Bonchev–Trinajstić information content (AvgIpc) is 2.60. The molecule has 0 aromatic heterocycles. The Morgan fingerprint density at radius 3 is 1.93 bits per heavy atom. The Hall–Kier alpha value is -2.47. The summed E-state index contributed by atoms with van der Waals surface area (Å²) in [5, 5.41) is 19.9. The lowest BCUT2D eigenvalue weighted by molar-refractivity contribution is 0.361. The fourth-order valence-electron chi connectivity index (χ4n) is 3.52. The molecule has 0 heterocycles. The number of nitrogens with zero attached hydrogens (tertiary/aromatic N) is 1. The first-order valence-corrected chi connectivity index (χ1v) is 10.4. The third-order valence-corrected chi connectivity index (χ3v) is 5.39. The van der Waals surface area contributed by atoms with Crippen LogP contribution in [0.3, 0.4) is 0 Å². The van der Waals surface area contributed by atoms with E-state index < -0.39 is 0 Å². The van der Waals surface area contributed by atoms with E-state index in [1.165, 1.54) is 11.1 Å². The van der Waals surface area contributed by atoms with Crippen molar-refractivity contribution in [3.63, 3.8) is 0 Å². The van der Waals surface area contributed by atoms with Crippen molar-refractivity contribution in [2.75, 3.05) is 6.61 Å². The van der Waals surface area contributed by atoms with Crippen LogP contribution in [0.1, 0.15) is 81.8 Å². The molecule has 1 N–H and O–H groups in total.